The number of nitriles is 1. The Morgan fingerprint density at radius 1 is 0.611 bits per heavy atom. The molecule has 3 unspecified atom stereocenters. The fourth-order valence-corrected chi connectivity index (χ4v) is 2.89. The van der Waals surface area contributed by atoms with E-state index >= 15 is 0 Å². The predicted molar refractivity (Wildman–Crippen MR) is 89.7 cm³/mol. The molecule has 0 saturated heterocycles. The normalized spacial score (nSPS) is 15.5. The van der Waals surface area contributed by atoms with Crippen LogP contribution >= 0.6 is 0 Å². The molecule has 0 radical (unpaired) electrons. The van der Waals surface area contributed by atoms with Gasteiger partial charge in [0.2, 0.25) is 0 Å². The van der Waals surface area contributed by atoms with Crippen molar-refractivity contribution >= 4 is 0 Å². The molecule has 0 aliphatic heterocycles. The van der Waals surface area contributed by atoms with E-state index in [0.717, 1.165) is 6.07 Å². The zero-order chi connectivity index (χ0) is 27.1. The van der Waals surface area contributed by atoms with Gasteiger partial charge < -0.3 is 10.2 Å². The number of halogens is 12. The maximum Gasteiger partial charge on any atom is 0.433 e. The average Bonchev–Trinajstić information content (AvgIpc) is 2.70. The maximum absolute atomic E-state index is 13.0. The molecule has 0 bridgehead atoms. The van der Waals surface area contributed by atoms with Crippen molar-refractivity contribution in [2.45, 2.75) is 36.9 Å². The molecule has 0 aliphatic carbocycles. The van der Waals surface area contributed by atoms with Crippen LogP contribution in [-0.4, -0.2) is 15.2 Å². The van der Waals surface area contributed by atoms with Crippen LogP contribution in [0.2, 0.25) is 0 Å². The van der Waals surface area contributed by atoms with Crippen LogP contribution in [0.4, 0.5) is 52.7 Å². The first-order valence-electron chi connectivity index (χ1n) is 8.87. The molecule has 36 heavy (non-hydrogen) atoms. The number of benzene rings is 1. The van der Waals surface area contributed by atoms with E-state index in [-0.39, 0.29) is 47.4 Å². The van der Waals surface area contributed by atoms with Gasteiger partial charge in [0.05, 0.1) is 29.4 Å². The van der Waals surface area contributed by atoms with E-state index in [2.05, 4.69) is 4.98 Å². The molecule has 0 amide bonds. The number of nitrogens with zero attached hydrogens (tertiary/aromatic N) is 2. The summed E-state index contributed by atoms with van der Waals surface area (Å²) in [7, 11) is 0. The van der Waals surface area contributed by atoms with Gasteiger partial charge in [-0.3, -0.25) is 0 Å². The Balaban J connectivity index is 0.00000648. The molecule has 17 heteroatoms. The summed E-state index contributed by atoms with van der Waals surface area (Å²) in [6.45, 7) is 0. The van der Waals surface area contributed by atoms with Crippen molar-refractivity contribution in [1.29, 1.82) is 5.26 Å². The van der Waals surface area contributed by atoms with Crippen molar-refractivity contribution in [1.82, 2.24) is 4.98 Å². The standard InChI is InChI=1S/C19H10F12N2O2.Fe/c20-16(21,22)9-1-7(2-10(5-9)17(23,24)25)14(34)11(6-32)15(35)8-3-12(18(26,27)28)33-13(4-8)19(29,30)31;/h1-5,11,14-15,34-35H;. The fourth-order valence-electron chi connectivity index (χ4n) is 2.89. The Kier molecular flexibility index (Phi) is 9.14. The van der Waals surface area contributed by atoms with E-state index in [1.807, 2.05) is 0 Å². The molecule has 1 heterocycles. The predicted octanol–water partition coefficient (Wildman–Crippen LogP) is 6.06. The SMILES string of the molecule is N#CC(C(O)c1cc(C(F)(F)F)cc(C(F)(F)F)c1)C(O)c1cc(C(F)(F)F)nc(C(F)(F)F)c1.[Fe]. The molecule has 0 spiro atoms. The monoisotopic (exact) mass is 582 g/mol. The Hall–Kier alpha value is -2.54. The second-order valence-corrected chi connectivity index (χ2v) is 7.05. The number of hydrogen-bond acceptors (Lipinski definition) is 4. The van der Waals surface area contributed by atoms with Crippen molar-refractivity contribution in [2.75, 3.05) is 0 Å². The molecule has 1 aromatic carbocycles. The van der Waals surface area contributed by atoms with E-state index < -0.39 is 76.5 Å². The topological polar surface area (TPSA) is 77.1 Å². The van der Waals surface area contributed by atoms with Gasteiger partial charge in [0.1, 0.15) is 17.3 Å². The van der Waals surface area contributed by atoms with Crippen molar-refractivity contribution in [3.8, 4) is 6.07 Å². The van der Waals surface area contributed by atoms with Crippen LogP contribution < -0.4 is 0 Å². The molecule has 0 saturated carbocycles. The third-order valence-corrected chi connectivity index (χ3v) is 4.55. The van der Waals surface area contributed by atoms with Gasteiger partial charge in [0, 0.05) is 17.1 Å². The van der Waals surface area contributed by atoms with Gasteiger partial charge in [-0.2, -0.15) is 57.9 Å². The summed E-state index contributed by atoms with van der Waals surface area (Å²) in [5, 5.41) is 29.8. The van der Waals surface area contributed by atoms with Crippen molar-refractivity contribution < 1.29 is 80.0 Å². The second kappa shape index (κ2) is 10.4. The molecular weight excluding hydrogens is 572 g/mol. The van der Waals surface area contributed by atoms with Gasteiger partial charge in [-0.05, 0) is 41.5 Å². The number of aliphatic hydroxyl groups is 2. The summed E-state index contributed by atoms with van der Waals surface area (Å²) >= 11 is 0. The summed E-state index contributed by atoms with van der Waals surface area (Å²) in [4.78, 5) is 2.37. The van der Waals surface area contributed by atoms with Crippen molar-refractivity contribution in [2.24, 2.45) is 5.92 Å². The van der Waals surface area contributed by atoms with Crippen LogP contribution in [0.1, 0.15) is 45.8 Å². The minimum absolute atomic E-state index is 0. The van der Waals surface area contributed by atoms with Gasteiger partial charge >= 0.3 is 24.7 Å². The van der Waals surface area contributed by atoms with Crippen molar-refractivity contribution in [3.63, 3.8) is 0 Å². The largest absolute Gasteiger partial charge is 0.433 e. The van der Waals surface area contributed by atoms with E-state index in [4.69, 9.17) is 0 Å². The molecule has 3 atom stereocenters. The summed E-state index contributed by atoms with van der Waals surface area (Å²) < 4.78 is 156. The molecule has 0 fully saturated rings. The number of pyridine rings is 1. The van der Waals surface area contributed by atoms with Gasteiger partial charge in [0.15, 0.2) is 0 Å². The first-order valence-corrected chi connectivity index (χ1v) is 8.87. The summed E-state index contributed by atoms with van der Waals surface area (Å²) in [6.07, 6.45) is -27.1. The van der Waals surface area contributed by atoms with Crippen LogP contribution in [0, 0.1) is 17.2 Å². The van der Waals surface area contributed by atoms with Crippen LogP contribution in [0.5, 0.6) is 0 Å². The van der Waals surface area contributed by atoms with Crippen LogP contribution in [-0.2, 0) is 41.8 Å². The first kappa shape index (κ1) is 31.5. The van der Waals surface area contributed by atoms with Crippen LogP contribution in [0.3, 0.4) is 0 Å². The number of alkyl halides is 12. The first-order chi connectivity index (χ1) is 15.7. The number of aliphatic hydroxyl groups excluding tert-OH is 2. The molecule has 2 N–H and O–H groups in total. The summed E-state index contributed by atoms with van der Waals surface area (Å²) in [5.41, 5.74) is -10.7. The summed E-state index contributed by atoms with van der Waals surface area (Å²) in [6, 6.07) is 0.539. The Labute approximate surface area is 203 Å². The molecule has 2 aromatic rings. The molecule has 0 aliphatic rings. The fraction of sp³-hybridized carbons (Fsp3) is 0.368. The van der Waals surface area contributed by atoms with Crippen molar-refractivity contribution in [3.05, 3.63) is 64.0 Å². The van der Waals surface area contributed by atoms with Gasteiger partial charge in [-0.1, -0.05) is 0 Å². The smallest absolute Gasteiger partial charge is 0.387 e. The van der Waals surface area contributed by atoms with Crippen LogP contribution in [0.15, 0.2) is 30.3 Å². The zero-order valence-electron chi connectivity index (χ0n) is 16.8. The van der Waals surface area contributed by atoms with Crippen LogP contribution in [0.25, 0.3) is 0 Å². The third kappa shape index (κ3) is 7.25. The minimum atomic E-state index is -5.47. The molecule has 2 rings (SSSR count). The number of hydrogen-bond donors (Lipinski definition) is 2. The zero-order valence-corrected chi connectivity index (χ0v) is 17.9. The molecule has 4 nitrogen and oxygen atoms in total. The average molecular weight is 582 g/mol. The van der Waals surface area contributed by atoms with E-state index in [9.17, 15) is 68.2 Å². The second-order valence-electron chi connectivity index (χ2n) is 7.05. The third-order valence-electron chi connectivity index (χ3n) is 4.55. The summed E-state index contributed by atoms with van der Waals surface area (Å²) in [5.74, 6) is -2.50. The van der Waals surface area contributed by atoms with Gasteiger partial charge in [-0.25, -0.2) is 4.98 Å². The Morgan fingerprint density at radius 3 is 1.22 bits per heavy atom. The van der Waals surface area contributed by atoms with Gasteiger partial charge in [0.25, 0.3) is 0 Å². The number of aromatic nitrogens is 1. The van der Waals surface area contributed by atoms with E-state index in [1.54, 1.807) is 0 Å². The maximum atomic E-state index is 13.0. The van der Waals surface area contributed by atoms with E-state index in [0.29, 0.717) is 0 Å². The van der Waals surface area contributed by atoms with Gasteiger partial charge in [-0.15, -0.1) is 0 Å². The molecular formula is C19H10F12FeN2O2. The minimum Gasteiger partial charge on any atom is -0.387 e. The molecule has 1 aromatic heterocycles. The molecule has 200 valence electrons. The van der Waals surface area contributed by atoms with E-state index in [1.165, 1.54) is 0 Å². The Bertz CT molecular complexity index is 974. The quantitative estimate of drug-likeness (QED) is 0.340. The number of rotatable bonds is 4. The Morgan fingerprint density at radius 2 is 0.944 bits per heavy atom.